The van der Waals surface area contributed by atoms with Crippen LogP contribution in [0.25, 0.3) is 44.2 Å². The van der Waals surface area contributed by atoms with E-state index in [2.05, 4.69) is 80.7 Å². The van der Waals surface area contributed by atoms with E-state index in [1.807, 2.05) is 49.5 Å². The molecule has 0 amide bonds. The predicted molar refractivity (Wildman–Crippen MR) is 175 cm³/mol. The van der Waals surface area contributed by atoms with Gasteiger partial charge in [0, 0.05) is 72.8 Å². The van der Waals surface area contributed by atoms with Crippen LogP contribution in [0.15, 0.2) is 102 Å². The van der Waals surface area contributed by atoms with E-state index in [4.69, 9.17) is 4.98 Å². The molecule has 214 valence electrons. The molecule has 8 heteroatoms. The van der Waals surface area contributed by atoms with Crippen LogP contribution in [0, 0.1) is 0 Å². The summed E-state index contributed by atoms with van der Waals surface area (Å²) in [5.74, 6) is 0.461. The summed E-state index contributed by atoms with van der Waals surface area (Å²) in [5.41, 5.74) is 7.30. The fourth-order valence-corrected chi connectivity index (χ4v) is 5.85. The second-order valence-electron chi connectivity index (χ2n) is 11.0. The zero-order valence-corrected chi connectivity index (χ0v) is 24.4. The first kappa shape index (κ1) is 26.8. The van der Waals surface area contributed by atoms with Crippen molar-refractivity contribution in [2.75, 3.05) is 43.4 Å². The third-order valence-electron chi connectivity index (χ3n) is 8.29. The van der Waals surface area contributed by atoms with Crippen LogP contribution in [0.1, 0.15) is 6.92 Å². The van der Waals surface area contributed by atoms with Gasteiger partial charge in [-0.3, -0.25) is 14.3 Å². The van der Waals surface area contributed by atoms with Gasteiger partial charge >= 0.3 is 0 Å². The van der Waals surface area contributed by atoms with Gasteiger partial charge in [0.15, 0.2) is 0 Å². The number of pyridine rings is 2. The minimum absolute atomic E-state index is 0.0710. The SMILES string of the molecule is CCn1c(=O)c(-c2ccc(-c3cccc4ncccc34)cc2)cc2cnc(Nc3ccc(N4CCN(C)CC4)cc3)nc21. The van der Waals surface area contributed by atoms with E-state index < -0.39 is 0 Å². The summed E-state index contributed by atoms with van der Waals surface area (Å²) in [5, 5.41) is 5.23. The molecule has 0 aliphatic carbocycles. The van der Waals surface area contributed by atoms with Gasteiger partial charge in [0.2, 0.25) is 5.95 Å². The first-order chi connectivity index (χ1) is 21.1. The van der Waals surface area contributed by atoms with Crippen LogP contribution in [0.4, 0.5) is 17.3 Å². The van der Waals surface area contributed by atoms with Crippen molar-refractivity contribution in [3.63, 3.8) is 0 Å². The molecule has 3 aromatic carbocycles. The zero-order chi connectivity index (χ0) is 29.3. The van der Waals surface area contributed by atoms with Crippen molar-refractivity contribution in [3.8, 4) is 22.3 Å². The molecule has 43 heavy (non-hydrogen) atoms. The van der Waals surface area contributed by atoms with Gasteiger partial charge in [-0.2, -0.15) is 4.98 Å². The summed E-state index contributed by atoms with van der Waals surface area (Å²) in [6.45, 7) is 6.66. The summed E-state index contributed by atoms with van der Waals surface area (Å²) in [6, 6.07) is 28.6. The van der Waals surface area contributed by atoms with Crippen LogP contribution in [0.3, 0.4) is 0 Å². The predicted octanol–water partition coefficient (Wildman–Crippen LogP) is 6.19. The second-order valence-corrected chi connectivity index (χ2v) is 11.0. The number of nitrogens with one attached hydrogen (secondary N) is 1. The molecular formula is C35H33N7O. The molecule has 3 aromatic heterocycles. The Morgan fingerprint density at radius 2 is 1.56 bits per heavy atom. The van der Waals surface area contributed by atoms with Gasteiger partial charge in [0.1, 0.15) is 5.65 Å². The normalized spacial score (nSPS) is 14.0. The molecular weight excluding hydrogens is 534 g/mol. The molecule has 0 bridgehead atoms. The minimum atomic E-state index is -0.0710. The van der Waals surface area contributed by atoms with E-state index in [1.165, 1.54) is 5.69 Å². The van der Waals surface area contributed by atoms with Crippen LogP contribution in [0.5, 0.6) is 0 Å². The van der Waals surface area contributed by atoms with Crippen LogP contribution in [-0.4, -0.2) is 57.6 Å². The lowest BCUT2D eigenvalue weighted by molar-refractivity contribution is 0.313. The van der Waals surface area contributed by atoms with Crippen molar-refractivity contribution in [2.45, 2.75) is 13.5 Å². The van der Waals surface area contributed by atoms with E-state index in [9.17, 15) is 4.79 Å². The summed E-state index contributed by atoms with van der Waals surface area (Å²) >= 11 is 0. The molecule has 1 N–H and O–H groups in total. The molecule has 6 aromatic rings. The second kappa shape index (κ2) is 11.3. The number of rotatable bonds is 6. The van der Waals surface area contributed by atoms with Gasteiger partial charge < -0.3 is 15.1 Å². The molecule has 1 saturated heterocycles. The highest BCUT2D eigenvalue weighted by molar-refractivity contribution is 5.94. The number of hydrogen-bond donors (Lipinski definition) is 1. The first-order valence-electron chi connectivity index (χ1n) is 14.7. The van der Waals surface area contributed by atoms with Crippen LogP contribution >= 0.6 is 0 Å². The van der Waals surface area contributed by atoms with Crippen molar-refractivity contribution in [1.82, 2.24) is 24.4 Å². The molecule has 0 saturated carbocycles. The van der Waals surface area contributed by atoms with Crippen molar-refractivity contribution < 1.29 is 0 Å². The van der Waals surface area contributed by atoms with E-state index in [1.54, 1.807) is 10.8 Å². The topological polar surface area (TPSA) is 79.2 Å². The molecule has 0 spiro atoms. The van der Waals surface area contributed by atoms with Gasteiger partial charge in [-0.15, -0.1) is 0 Å². The smallest absolute Gasteiger partial charge is 0.260 e. The van der Waals surface area contributed by atoms with Crippen LogP contribution < -0.4 is 15.8 Å². The molecule has 1 aliphatic rings. The summed E-state index contributed by atoms with van der Waals surface area (Å²) < 4.78 is 1.72. The molecule has 8 nitrogen and oxygen atoms in total. The average molecular weight is 568 g/mol. The van der Waals surface area contributed by atoms with Gasteiger partial charge in [0.25, 0.3) is 5.56 Å². The largest absolute Gasteiger partial charge is 0.369 e. The fraction of sp³-hybridized carbons (Fsp3) is 0.200. The first-order valence-corrected chi connectivity index (χ1v) is 14.7. The van der Waals surface area contributed by atoms with E-state index in [0.29, 0.717) is 23.7 Å². The Kier molecular flexibility index (Phi) is 7.04. The number of nitrogens with zero attached hydrogens (tertiary/aromatic N) is 6. The lowest BCUT2D eigenvalue weighted by atomic mass is 9.98. The van der Waals surface area contributed by atoms with Crippen LogP contribution in [-0.2, 0) is 6.54 Å². The maximum Gasteiger partial charge on any atom is 0.260 e. The zero-order valence-electron chi connectivity index (χ0n) is 24.4. The number of benzene rings is 3. The standard InChI is InChI=1S/C35H33N7O/c1-3-42-33-26(23-37-35(39-33)38-27-13-15-28(16-14-27)41-20-18-40(2)19-21-41)22-31(34(42)43)25-11-9-24(10-12-25)29-6-4-8-32-30(29)7-5-17-36-32/h4-17,22-23H,3,18-21H2,1-2H3,(H,37,38,39). The Morgan fingerprint density at radius 1 is 0.814 bits per heavy atom. The third-order valence-corrected chi connectivity index (χ3v) is 8.29. The molecule has 0 unspecified atom stereocenters. The Hall–Kier alpha value is -5.08. The Balaban J connectivity index is 1.16. The molecule has 7 rings (SSSR count). The number of aryl methyl sites for hydroxylation is 1. The maximum atomic E-state index is 13.7. The number of hydrogen-bond acceptors (Lipinski definition) is 7. The van der Waals surface area contributed by atoms with E-state index >= 15 is 0 Å². The summed E-state index contributed by atoms with van der Waals surface area (Å²) in [6.07, 6.45) is 3.60. The van der Waals surface area contributed by atoms with Crippen molar-refractivity contribution in [2.24, 2.45) is 0 Å². The molecule has 4 heterocycles. The molecule has 1 fully saturated rings. The highest BCUT2D eigenvalue weighted by Gasteiger charge is 2.16. The van der Waals surface area contributed by atoms with Gasteiger partial charge in [0.05, 0.1) is 5.52 Å². The maximum absolute atomic E-state index is 13.7. The summed E-state index contributed by atoms with van der Waals surface area (Å²) in [7, 11) is 2.16. The number of likely N-dealkylation sites (N-methyl/N-ethyl adjacent to an activating group) is 1. The highest BCUT2D eigenvalue weighted by Crippen LogP contribution is 2.30. The minimum Gasteiger partial charge on any atom is -0.369 e. The van der Waals surface area contributed by atoms with E-state index in [0.717, 1.165) is 64.8 Å². The molecule has 1 aliphatic heterocycles. The molecule has 0 atom stereocenters. The highest BCUT2D eigenvalue weighted by atomic mass is 16.1. The van der Waals surface area contributed by atoms with Gasteiger partial charge in [-0.05, 0) is 73.1 Å². The van der Waals surface area contributed by atoms with Gasteiger partial charge in [-0.1, -0.05) is 42.5 Å². The van der Waals surface area contributed by atoms with Crippen molar-refractivity contribution in [1.29, 1.82) is 0 Å². The Morgan fingerprint density at radius 3 is 2.30 bits per heavy atom. The lowest BCUT2D eigenvalue weighted by Crippen LogP contribution is -2.44. The van der Waals surface area contributed by atoms with Crippen molar-refractivity contribution in [3.05, 3.63) is 108 Å². The number of fused-ring (bicyclic) bond motifs is 2. The van der Waals surface area contributed by atoms with E-state index in [-0.39, 0.29) is 5.56 Å². The van der Waals surface area contributed by atoms with Crippen LogP contribution in [0.2, 0.25) is 0 Å². The Bertz CT molecular complexity index is 1970. The lowest BCUT2D eigenvalue weighted by Gasteiger charge is -2.34. The summed E-state index contributed by atoms with van der Waals surface area (Å²) in [4.78, 5) is 32.3. The average Bonchev–Trinajstić information content (AvgIpc) is 3.05. The van der Waals surface area contributed by atoms with Crippen molar-refractivity contribution >= 4 is 39.3 Å². The quantitative estimate of drug-likeness (QED) is 0.257. The third kappa shape index (κ3) is 5.21. The molecule has 0 radical (unpaired) electrons. The Labute approximate surface area is 250 Å². The fourth-order valence-electron chi connectivity index (χ4n) is 5.85. The van der Waals surface area contributed by atoms with Gasteiger partial charge in [-0.25, -0.2) is 4.98 Å². The monoisotopic (exact) mass is 567 g/mol. The number of aromatic nitrogens is 4. The number of piperazine rings is 1. The number of anilines is 3.